The quantitative estimate of drug-likeness (QED) is 0.267. The summed E-state index contributed by atoms with van der Waals surface area (Å²) in [7, 11) is 0. The summed E-state index contributed by atoms with van der Waals surface area (Å²) in [6, 6.07) is 18.1. The number of nitrogens with zero attached hydrogens (tertiary/aromatic N) is 1. The van der Waals surface area contributed by atoms with E-state index in [9.17, 15) is 23.2 Å². The van der Waals surface area contributed by atoms with Crippen molar-refractivity contribution in [2.75, 3.05) is 5.32 Å². The Morgan fingerprint density at radius 1 is 1.12 bits per heavy atom. The van der Waals surface area contributed by atoms with Crippen molar-refractivity contribution >= 4 is 45.2 Å². The van der Waals surface area contributed by atoms with Gasteiger partial charge >= 0.3 is 6.18 Å². The molecule has 0 bridgehead atoms. The monoisotopic (exact) mass is 534 g/mol. The normalized spacial score (nSPS) is 11.6. The van der Waals surface area contributed by atoms with Gasteiger partial charge in [-0.1, -0.05) is 45.7 Å². The van der Waals surface area contributed by atoms with Gasteiger partial charge in [0.1, 0.15) is 24.0 Å². The van der Waals surface area contributed by atoms with Crippen LogP contribution in [0.1, 0.15) is 16.7 Å². The molecule has 0 fully saturated rings. The van der Waals surface area contributed by atoms with Crippen molar-refractivity contribution in [3.8, 4) is 11.8 Å². The average Bonchev–Trinajstić information content (AvgIpc) is 2.76. The molecule has 33 heavy (non-hydrogen) atoms. The van der Waals surface area contributed by atoms with Crippen LogP contribution in [0.15, 0.2) is 76.8 Å². The summed E-state index contributed by atoms with van der Waals surface area (Å²) in [5.74, 6) is -0.449. The molecule has 0 atom stereocenters. The second kappa shape index (κ2) is 10.6. The van der Waals surface area contributed by atoms with Crippen molar-refractivity contribution in [2.45, 2.75) is 12.8 Å². The number of hydrogen-bond donors (Lipinski definition) is 1. The van der Waals surface area contributed by atoms with E-state index < -0.39 is 17.6 Å². The molecule has 3 rings (SSSR count). The summed E-state index contributed by atoms with van der Waals surface area (Å²) in [5.41, 5.74) is -0.0440. The smallest absolute Gasteiger partial charge is 0.416 e. The van der Waals surface area contributed by atoms with Crippen LogP contribution >= 0.6 is 27.5 Å². The SMILES string of the molecule is N#C/C(=C\c1cc(Br)ccc1OCc1cccc(Cl)c1)C(=O)Nc1cccc(C(F)(F)F)c1. The molecule has 0 heterocycles. The Morgan fingerprint density at radius 2 is 1.88 bits per heavy atom. The summed E-state index contributed by atoms with van der Waals surface area (Å²) in [6.45, 7) is 0.196. The summed E-state index contributed by atoms with van der Waals surface area (Å²) in [5, 5.41) is 12.4. The maximum absolute atomic E-state index is 12.9. The molecule has 0 radical (unpaired) electrons. The predicted molar refractivity (Wildman–Crippen MR) is 124 cm³/mol. The van der Waals surface area contributed by atoms with Gasteiger partial charge in [-0.15, -0.1) is 0 Å². The van der Waals surface area contributed by atoms with Crippen molar-refractivity contribution < 1.29 is 22.7 Å². The number of nitriles is 1. The van der Waals surface area contributed by atoms with Gasteiger partial charge in [-0.3, -0.25) is 4.79 Å². The molecule has 3 aromatic rings. The molecule has 0 saturated carbocycles. The van der Waals surface area contributed by atoms with Gasteiger partial charge in [-0.05, 0) is 60.2 Å². The largest absolute Gasteiger partial charge is 0.488 e. The molecule has 0 aliphatic carbocycles. The van der Waals surface area contributed by atoms with Crippen LogP contribution in [0.4, 0.5) is 18.9 Å². The van der Waals surface area contributed by atoms with Gasteiger partial charge in [0.2, 0.25) is 0 Å². The van der Waals surface area contributed by atoms with Crippen LogP contribution in [0.25, 0.3) is 6.08 Å². The lowest BCUT2D eigenvalue weighted by Crippen LogP contribution is -2.14. The number of alkyl halides is 3. The molecular formula is C24H15BrClF3N2O2. The highest BCUT2D eigenvalue weighted by Gasteiger charge is 2.30. The Balaban J connectivity index is 1.83. The third kappa shape index (κ3) is 6.85. The molecule has 0 aromatic heterocycles. The highest BCUT2D eigenvalue weighted by Crippen LogP contribution is 2.31. The Bertz CT molecular complexity index is 1250. The van der Waals surface area contributed by atoms with Gasteiger partial charge in [0.05, 0.1) is 5.56 Å². The van der Waals surface area contributed by atoms with Crippen LogP contribution < -0.4 is 10.1 Å². The molecule has 9 heteroatoms. The number of halogens is 5. The number of amides is 1. The fraction of sp³-hybridized carbons (Fsp3) is 0.0833. The topological polar surface area (TPSA) is 62.1 Å². The lowest BCUT2D eigenvalue weighted by molar-refractivity contribution is -0.137. The maximum atomic E-state index is 12.9. The summed E-state index contributed by atoms with van der Waals surface area (Å²) >= 11 is 9.33. The third-order valence-corrected chi connectivity index (χ3v) is 5.10. The van der Waals surface area contributed by atoms with E-state index in [1.807, 2.05) is 6.07 Å². The van der Waals surface area contributed by atoms with Crippen LogP contribution in [0.5, 0.6) is 5.75 Å². The number of carbonyl (C=O) groups excluding carboxylic acids is 1. The molecular weight excluding hydrogens is 521 g/mol. The molecule has 0 aliphatic rings. The van der Waals surface area contributed by atoms with E-state index in [1.165, 1.54) is 18.2 Å². The van der Waals surface area contributed by atoms with E-state index in [2.05, 4.69) is 21.2 Å². The molecule has 3 aromatic carbocycles. The molecule has 0 spiro atoms. The van der Waals surface area contributed by atoms with Crippen molar-refractivity contribution in [3.63, 3.8) is 0 Å². The lowest BCUT2D eigenvalue weighted by atomic mass is 10.1. The fourth-order valence-corrected chi connectivity index (χ4v) is 3.42. The summed E-state index contributed by atoms with van der Waals surface area (Å²) < 4.78 is 45.3. The first-order valence-electron chi connectivity index (χ1n) is 9.43. The Kier molecular flexibility index (Phi) is 7.79. The van der Waals surface area contributed by atoms with Gasteiger partial charge in [0.15, 0.2) is 0 Å². The second-order valence-corrected chi connectivity index (χ2v) is 8.16. The first kappa shape index (κ1) is 24.4. The Morgan fingerprint density at radius 3 is 2.58 bits per heavy atom. The highest BCUT2D eigenvalue weighted by molar-refractivity contribution is 9.10. The lowest BCUT2D eigenvalue weighted by Gasteiger charge is -2.11. The molecule has 0 saturated heterocycles. The predicted octanol–water partition coefficient (Wildman–Crippen LogP) is 7.25. The van der Waals surface area contributed by atoms with Gasteiger partial charge in [0.25, 0.3) is 5.91 Å². The number of rotatable bonds is 6. The first-order valence-corrected chi connectivity index (χ1v) is 10.6. The fourth-order valence-electron chi connectivity index (χ4n) is 2.83. The highest BCUT2D eigenvalue weighted by atomic mass is 79.9. The number of hydrogen-bond acceptors (Lipinski definition) is 3. The first-order chi connectivity index (χ1) is 15.7. The van der Waals surface area contributed by atoms with Crippen LogP contribution in [-0.2, 0) is 17.6 Å². The Labute approximate surface area is 201 Å². The zero-order valence-electron chi connectivity index (χ0n) is 16.8. The molecule has 0 unspecified atom stereocenters. The molecule has 1 amide bonds. The van der Waals surface area contributed by atoms with Crippen molar-refractivity contribution in [1.82, 2.24) is 0 Å². The van der Waals surface area contributed by atoms with Crippen LogP contribution in [0, 0.1) is 11.3 Å². The standard InChI is InChI=1S/C24H15BrClF3N2O2/c25-19-7-8-22(33-14-15-3-1-5-20(26)9-15)16(11-19)10-17(13-30)23(32)31-21-6-2-4-18(12-21)24(27,28)29/h1-12H,14H2,(H,31,32)/b17-10+. The van der Waals surface area contributed by atoms with E-state index >= 15 is 0 Å². The summed E-state index contributed by atoms with van der Waals surface area (Å²) in [4.78, 5) is 12.6. The third-order valence-electron chi connectivity index (χ3n) is 4.37. The minimum atomic E-state index is -4.56. The molecule has 4 nitrogen and oxygen atoms in total. The molecule has 168 valence electrons. The molecule has 0 aliphatic heterocycles. The van der Waals surface area contributed by atoms with Crippen LogP contribution in [0.2, 0.25) is 5.02 Å². The van der Waals surface area contributed by atoms with E-state index in [-0.39, 0.29) is 17.9 Å². The van der Waals surface area contributed by atoms with Crippen molar-refractivity contribution in [2.24, 2.45) is 0 Å². The number of ether oxygens (including phenoxy) is 1. The average molecular weight is 536 g/mol. The van der Waals surface area contributed by atoms with E-state index in [0.717, 1.165) is 17.7 Å². The number of carbonyl (C=O) groups is 1. The minimum Gasteiger partial charge on any atom is -0.488 e. The zero-order chi connectivity index (χ0) is 24.0. The zero-order valence-corrected chi connectivity index (χ0v) is 19.1. The van der Waals surface area contributed by atoms with Gasteiger partial charge in [0, 0.05) is 20.7 Å². The van der Waals surface area contributed by atoms with E-state index in [0.29, 0.717) is 20.8 Å². The molecule has 1 N–H and O–H groups in total. The van der Waals surface area contributed by atoms with Crippen molar-refractivity contribution in [1.29, 1.82) is 5.26 Å². The van der Waals surface area contributed by atoms with Gasteiger partial charge in [-0.25, -0.2) is 0 Å². The second-order valence-electron chi connectivity index (χ2n) is 6.80. The number of nitrogens with one attached hydrogen (secondary N) is 1. The van der Waals surface area contributed by atoms with E-state index in [4.69, 9.17) is 16.3 Å². The Hall–Kier alpha value is -3.28. The van der Waals surface area contributed by atoms with Crippen LogP contribution in [0.3, 0.4) is 0 Å². The minimum absolute atomic E-state index is 0.0809. The van der Waals surface area contributed by atoms with Gasteiger partial charge < -0.3 is 10.1 Å². The van der Waals surface area contributed by atoms with Crippen molar-refractivity contribution in [3.05, 3.63) is 98.5 Å². The number of anilines is 1. The van der Waals surface area contributed by atoms with Crippen LogP contribution in [-0.4, -0.2) is 5.91 Å². The number of benzene rings is 3. The van der Waals surface area contributed by atoms with Gasteiger partial charge in [-0.2, -0.15) is 18.4 Å². The van der Waals surface area contributed by atoms with E-state index in [1.54, 1.807) is 42.5 Å². The maximum Gasteiger partial charge on any atom is 0.416 e. The summed E-state index contributed by atoms with van der Waals surface area (Å²) in [6.07, 6.45) is -3.25.